The molecule has 0 saturated carbocycles. The van der Waals surface area contributed by atoms with Gasteiger partial charge in [-0.25, -0.2) is 4.79 Å². The van der Waals surface area contributed by atoms with Crippen molar-refractivity contribution in [2.45, 2.75) is 45.6 Å². The number of hydrogen-bond donors (Lipinski definition) is 0. The fourth-order valence-corrected chi connectivity index (χ4v) is 4.38. The molecule has 3 unspecified atom stereocenters. The topological polar surface area (TPSA) is 65.1 Å². The Morgan fingerprint density at radius 2 is 1.84 bits per heavy atom. The zero-order valence-electron chi connectivity index (χ0n) is 19.6. The summed E-state index contributed by atoms with van der Waals surface area (Å²) in [5.74, 6) is 1.18. The van der Waals surface area contributed by atoms with Crippen LogP contribution in [0.2, 0.25) is 0 Å². The second kappa shape index (κ2) is 10.1. The summed E-state index contributed by atoms with van der Waals surface area (Å²) in [7, 11) is 2.97. The molecule has 0 spiro atoms. The number of hydrogen-bond acceptors (Lipinski definition) is 5. The van der Waals surface area contributed by atoms with Crippen LogP contribution in [0.1, 0.15) is 44.2 Å². The number of aryl methyl sites for hydroxylation is 1. The molecule has 1 aliphatic rings. The fourth-order valence-electron chi connectivity index (χ4n) is 4.38. The van der Waals surface area contributed by atoms with E-state index in [4.69, 9.17) is 14.2 Å². The molecule has 0 aliphatic carbocycles. The normalized spacial score (nSPS) is 21.2. The Kier molecular flexibility index (Phi) is 7.44. The number of amides is 1. The first kappa shape index (κ1) is 23.6. The molecule has 1 heterocycles. The van der Waals surface area contributed by atoms with Crippen LogP contribution in [-0.4, -0.2) is 50.2 Å². The number of Topliss-reactive ketones (excluding diaryl/α,β-unsaturated/α-hetero) is 1. The number of carbonyl (C=O) groups excluding carboxylic acids is 2. The number of likely N-dealkylation sites (tertiary alicyclic amines) is 1. The number of ketones is 1. The average Bonchev–Trinajstić information content (AvgIpc) is 3.17. The highest BCUT2D eigenvalue weighted by atomic mass is 16.5. The van der Waals surface area contributed by atoms with Gasteiger partial charge in [0.25, 0.3) is 0 Å². The van der Waals surface area contributed by atoms with Crippen molar-refractivity contribution in [1.82, 2.24) is 4.90 Å². The maximum absolute atomic E-state index is 12.6. The molecule has 3 rings (SSSR count). The van der Waals surface area contributed by atoms with Gasteiger partial charge in [-0.1, -0.05) is 43.3 Å². The number of methoxy groups -OCH3 is 2. The minimum atomic E-state index is -0.695. The van der Waals surface area contributed by atoms with Gasteiger partial charge in [0.1, 0.15) is 5.78 Å². The van der Waals surface area contributed by atoms with E-state index in [0.717, 1.165) is 18.4 Å². The highest BCUT2D eigenvalue weighted by Gasteiger charge is 2.49. The van der Waals surface area contributed by atoms with E-state index in [1.807, 2.05) is 50.2 Å². The summed E-state index contributed by atoms with van der Waals surface area (Å²) in [6.07, 6.45) is 1.35. The predicted molar refractivity (Wildman–Crippen MR) is 123 cm³/mol. The molecule has 6 heteroatoms. The summed E-state index contributed by atoms with van der Waals surface area (Å²) in [6.45, 7) is 6.29. The highest BCUT2D eigenvalue weighted by molar-refractivity contribution is 5.85. The third kappa shape index (κ3) is 5.06. The van der Waals surface area contributed by atoms with Crippen LogP contribution in [0.5, 0.6) is 11.5 Å². The van der Waals surface area contributed by atoms with Crippen molar-refractivity contribution in [1.29, 1.82) is 0 Å². The van der Waals surface area contributed by atoms with Crippen molar-refractivity contribution in [3.05, 3.63) is 59.7 Å². The summed E-state index contributed by atoms with van der Waals surface area (Å²) in [5, 5.41) is 0. The minimum Gasteiger partial charge on any atom is -0.493 e. The number of rotatable bonds is 8. The molecular weight excluding hydrogens is 406 g/mol. The van der Waals surface area contributed by atoms with Crippen LogP contribution in [0, 0.1) is 5.41 Å². The Morgan fingerprint density at radius 1 is 1.12 bits per heavy atom. The second-order valence-corrected chi connectivity index (χ2v) is 8.74. The number of nitrogens with zero attached hydrogens (tertiary/aromatic N) is 1. The van der Waals surface area contributed by atoms with E-state index in [2.05, 4.69) is 12.1 Å². The lowest BCUT2D eigenvalue weighted by molar-refractivity contribution is -0.125. The van der Waals surface area contributed by atoms with Crippen LogP contribution in [0.3, 0.4) is 0 Å². The molecule has 1 aliphatic heterocycles. The molecule has 2 aromatic rings. The fraction of sp³-hybridized carbons (Fsp3) is 0.462. The van der Waals surface area contributed by atoms with E-state index >= 15 is 0 Å². The summed E-state index contributed by atoms with van der Waals surface area (Å²) < 4.78 is 16.7. The molecule has 2 aromatic carbocycles. The van der Waals surface area contributed by atoms with Crippen LogP contribution in [0.4, 0.5) is 4.79 Å². The quantitative estimate of drug-likeness (QED) is 0.588. The molecule has 1 fully saturated rings. The van der Waals surface area contributed by atoms with Crippen LogP contribution in [0.25, 0.3) is 0 Å². The highest BCUT2D eigenvalue weighted by Crippen LogP contribution is 2.45. The lowest BCUT2D eigenvalue weighted by Crippen LogP contribution is -2.35. The molecule has 0 aromatic heterocycles. The molecule has 1 saturated heterocycles. The molecule has 6 nitrogen and oxygen atoms in total. The smallest absolute Gasteiger partial charge is 0.409 e. The molecule has 32 heavy (non-hydrogen) atoms. The van der Waals surface area contributed by atoms with Gasteiger partial charge in [0.2, 0.25) is 0 Å². The zero-order chi connectivity index (χ0) is 23.3. The first-order valence-electron chi connectivity index (χ1n) is 11.0. The molecular formula is C26H33NO5. The van der Waals surface area contributed by atoms with Crippen molar-refractivity contribution in [2.75, 3.05) is 27.3 Å². The summed E-state index contributed by atoms with van der Waals surface area (Å²) >= 11 is 0. The lowest BCUT2D eigenvalue weighted by Gasteiger charge is -2.28. The van der Waals surface area contributed by atoms with Gasteiger partial charge in [0.15, 0.2) is 11.5 Å². The SMILES string of the molecule is COC(=O)N1CC(c2ccc(OC)c(OC(C)CCc3ccccc3)c2)C(C)(C(C)=O)C1. The Hall–Kier alpha value is -3.02. The number of benzene rings is 2. The van der Waals surface area contributed by atoms with Gasteiger partial charge in [-0.15, -0.1) is 0 Å². The van der Waals surface area contributed by atoms with E-state index in [-0.39, 0.29) is 17.8 Å². The van der Waals surface area contributed by atoms with Crippen LogP contribution >= 0.6 is 0 Å². The molecule has 172 valence electrons. The summed E-state index contributed by atoms with van der Waals surface area (Å²) in [4.78, 5) is 26.3. The third-order valence-electron chi connectivity index (χ3n) is 6.53. The van der Waals surface area contributed by atoms with Crippen LogP contribution in [0.15, 0.2) is 48.5 Å². The third-order valence-corrected chi connectivity index (χ3v) is 6.53. The Bertz CT molecular complexity index is 944. The van der Waals surface area contributed by atoms with Gasteiger partial charge in [-0.3, -0.25) is 4.79 Å². The number of ether oxygens (including phenoxy) is 3. The molecule has 3 atom stereocenters. The first-order valence-corrected chi connectivity index (χ1v) is 11.0. The van der Waals surface area contributed by atoms with E-state index < -0.39 is 11.5 Å². The van der Waals surface area contributed by atoms with Crippen molar-refractivity contribution in [3.63, 3.8) is 0 Å². The molecule has 0 bridgehead atoms. The Balaban J connectivity index is 1.81. The number of carbonyl (C=O) groups is 2. The first-order chi connectivity index (χ1) is 15.3. The largest absolute Gasteiger partial charge is 0.493 e. The van der Waals surface area contributed by atoms with Gasteiger partial charge in [-0.05, 0) is 49.9 Å². The lowest BCUT2D eigenvalue weighted by atomic mass is 9.73. The maximum atomic E-state index is 12.6. The van der Waals surface area contributed by atoms with Gasteiger partial charge in [-0.2, -0.15) is 0 Å². The second-order valence-electron chi connectivity index (χ2n) is 8.74. The van der Waals surface area contributed by atoms with Gasteiger partial charge < -0.3 is 19.1 Å². The van der Waals surface area contributed by atoms with Crippen LogP contribution < -0.4 is 9.47 Å². The van der Waals surface area contributed by atoms with Crippen molar-refractivity contribution < 1.29 is 23.8 Å². The Labute approximate surface area is 190 Å². The summed E-state index contributed by atoms with van der Waals surface area (Å²) in [5.41, 5.74) is 1.52. The average molecular weight is 440 g/mol. The zero-order valence-corrected chi connectivity index (χ0v) is 19.6. The van der Waals surface area contributed by atoms with Crippen molar-refractivity contribution >= 4 is 11.9 Å². The maximum Gasteiger partial charge on any atom is 0.409 e. The van der Waals surface area contributed by atoms with E-state index in [1.165, 1.54) is 12.7 Å². The van der Waals surface area contributed by atoms with Gasteiger partial charge >= 0.3 is 6.09 Å². The molecule has 0 N–H and O–H groups in total. The predicted octanol–water partition coefficient (Wildman–Crippen LogP) is 4.86. The molecule has 0 radical (unpaired) electrons. The van der Waals surface area contributed by atoms with Gasteiger partial charge in [0.05, 0.1) is 25.7 Å². The Morgan fingerprint density at radius 3 is 2.47 bits per heavy atom. The van der Waals surface area contributed by atoms with E-state index in [1.54, 1.807) is 18.9 Å². The summed E-state index contributed by atoms with van der Waals surface area (Å²) in [6, 6.07) is 16.1. The van der Waals surface area contributed by atoms with Gasteiger partial charge in [0, 0.05) is 19.0 Å². The minimum absolute atomic E-state index is 0.0197. The standard InChI is InChI=1S/C26H33NO5/c1-18(11-12-20-9-7-6-8-10-20)32-24-15-21(13-14-23(24)30-4)22-16-27(25(29)31-5)17-26(22,3)19(2)28/h6-10,13-15,18,22H,11-12,16-17H2,1-5H3. The van der Waals surface area contributed by atoms with Crippen LogP contribution in [-0.2, 0) is 16.0 Å². The monoisotopic (exact) mass is 439 g/mol. The molecule has 1 amide bonds. The van der Waals surface area contributed by atoms with Crippen molar-refractivity contribution in [2.24, 2.45) is 5.41 Å². The van der Waals surface area contributed by atoms with E-state index in [9.17, 15) is 9.59 Å². The van der Waals surface area contributed by atoms with E-state index in [0.29, 0.717) is 24.6 Å². The van der Waals surface area contributed by atoms with Crippen molar-refractivity contribution in [3.8, 4) is 11.5 Å².